The number of nitrogens with one attached hydrogen (secondary N) is 2. The van der Waals surface area contributed by atoms with Gasteiger partial charge in [0, 0.05) is 63.6 Å². The zero-order valence-corrected chi connectivity index (χ0v) is 19.3. The summed E-state index contributed by atoms with van der Waals surface area (Å²) < 4.78 is 26.9. The van der Waals surface area contributed by atoms with Gasteiger partial charge >= 0.3 is 0 Å². The quantitative estimate of drug-likeness (QED) is 0.605. The van der Waals surface area contributed by atoms with Crippen LogP contribution in [-0.4, -0.2) is 88.3 Å². The Hall–Kier alpha value is -2.95. The summed E-state index contributed by atoms with van der Waals surface area (Å²) in [5.74, 6) is -0.644. The zero-order valence-electron chi connectivity index (χ0n) is 18.4. The van der Waals surface area contributed by atoms with Gasteiger partial charge in [0.2, 0.25) is 15.9 Å². The number of hydrogen-bond acceptors (Lipinski definition) is 6. The van der Waals surface area contributed by atoms with Gasteiger partial charge in [0.15, 0.2) is 0 Å². The standard InChI is InChI=1S/C23H29N5O4S/c29-22-18-28(12-10-24-22)33(31,32)21-8-4-5-19(17-21)23(30)25-9-11-26-13-15-27(16-14-26)20-6-2-1-3-7-20/h1-8,17H,9-16,18H2,(H,24,29)(H,25,30). The largest absolute Gasteiger partial charge is 0.369 e. The summed E-state index contributed by atoms with van der Waals surface area (Å²) in [7, 11) is -3.84. The van der Waals surface area contributed by atoms with Crippen LogP contribution in [0.4, 0.5) is 5.69 Å². The summed E-state index contributed by atoms with van der Waals surface area (Å²) in [6, 6.07) is 16.3. The Morgan fingerprint density at radius 2 is 1.73 bits per heavy atom. The summed E-state index contributed by atoms with van der Waals surface area (Å²) in [5.41, 5.74) is 1.51. The maximum absolute atomic E-state index is 12.9. The van der Waals surface area contributed by atoms with Gasteiger partial charge < -0.3 is 15.5 Å². The molecular weight excluding hydrogens is 442 g/mol. The second-order valence-corrected chi connectivity index (χ2v) is 10.1. The lowest BCUT2D eigenvalue weighted by atomic mass is 10.2. The van der Waals surface area contributed by atoms with Gasteiger partial charge in [0.25, 0.3) is 5.91 Å². The number of piperazine rings is 2. The first-order chi connectivity index (χ1) is 15.9. The lowest BCUT2D eigenvalue weighted by Crippen LogP contribution is -2.49. The van der Waals surface area contributed by atoms with Crippen LogP contribution in [0.2, 0.25) is 0 Å². The molecule has 0 radical (unpaired) electrons. The van der Waals surface area contributed by atoms with Crippen molar-refractivity contribution in [1.82, 2.24) is 19.8 Å². The summed E-state index contributed by atoms with van der Waals surface area (Å²) in [4.78, 5) is 28.9. The first-order valence-electron chi connectivity index (χ1n) is 11.1. The third kappa shape index (κ3) is 5.70. The van der Waals surface area contributed by atoms with E-state index < -0.39 is 10.0 Å². The molecule has 2 fully saturated rings. The van der Waals surface area contributed by atoms with Crippen LogP contribution in [0, 0.1) is 0 Å². The first kappa shape index (κ1) is 23.2. The van der Waals surface area contributed by atoms with Crippen LogP contribution < -0.4 is 15.5 Å². The highest BCUT2D eigenvalue weighted by molar-refractivity contribution is 7.89. The van der Waals surface area contributed by atoms with Crippen molar-refractivity contribution in [2.75, 3.05) is 63.8 Å². The number of rotatable bonds is 7. The Morgan fingerprint density at radius 3 is 2.45 bits per heavy atom. The highest BCUT2D eigenvalue weighted by Crippen LogP contribution is 2.18. The molecule has 0 aromatic heterocycles. The number of sulfonamides is 1. The van der Waals surface area contributed by atoms with E-state index in [2.05, 4.69) is 32.6 Å². The maximum atomic E-state index is 12.9. The molecule has 2 aromatic carbocycles. The van der Waals surface area contributed by atoms with Crippen molar-refractivity contribution in [2.45, 2.75) is 4.90 Å². The van der Waals surface area contributed by atoms with Crippen molar-refractivity contribution in [3.05, 3.63) is 60.2 Å². The molecule has 2 N–H and O–H groups in total. The van der Waals surface area contributed by atoms with Gasteiger partial charge in [0.05, 0.1) is 11.4 Å². The van der Waals surface area contributed by atoms with Crippen LogP contribution in [0.5, 0.6) is 0 Å². The predicted octanol–water partition coefficient (Wildman–Crippen LogP) is 0.359. The maximum Gasteiger partial charge on any atom is 0.251 e. The minimum atomic E-state index is -3.84. The fraction of sp³-hybridized carbons (Fsp3) is 0.391. The molecule has 33 heavy (non-hydrogen) atoms. The molecule has 2 aromatic rings. The van der Waals surface area contributed by atoms with E-state index in [1.54, 1.807) is 12.1 Å². The van der Waals surface area contributed by atoms with Crippen LogP contribution in [-0.2, 0) is 14.8 Å². The van der Waals surface area contributed by atoms with E-state index in [0.29, 0.717) is 6.54 Å². The van der Waals surface area contributed by atoms with Crippen molar-refractivity contribution in [1.29, 1.82) is 0 Å². The normalized spacial score (nSPS) is 18.1. The fourth-order valence-electron chi connectivity index (χ4n) is 4.07. The SMILES string of the molecule is O=C1CN(S(=O)(=O)c2cccc(C(=O)NCCN3CCN(c4ccccc4)CC3)c2)CCN1. The van der Waals surface area contributed by atoms with Crippen molar-refractivity contribution in [3.63, 3.8) is 0 Å². The van der Waals surface area contributed by atoms with E-state index in [1.807, 2.05) is 18.2 Å². The van der Waals surface area contributed by atoms with E-state index >= 15 is 0 Å². The molecular formula is C23H29N5O4S. The molecule has 2 amide bonds. The van der Waals surface area contributed by atoms with Crippen LogP contribution in [0.3, 0.4) is 0 Å². The molecule has 0 bridgehead atoms. The number of benzene rings is 2. The van der Waals surface area contributed by atoms with Gasteiger partial charge in [0.1, 0.15) is 0 Å². The Balaban J connectivity index is 1.28. The van der Waals surface area contributed by atoms with E-state index in [0.717, 1.165) is 37.0 Å². The number of carbonyl (C=O) groups is 2. The number of hydrogen-bond donors (Lipinski definition) is 2. The average Bonchev–Trinajstić information content (AvgIpc) is 2.85. The summed E-state index contributed by atoms with van der Waals surface area (Å²) >= 11 is 0. The van der Waals surface area contributed by atoms with E-state index in [-0.39, 0.29) is 41.9 Å². The van der Waals surface area contributed by atoms with Gasteiger partial charge in [-0.25, -0.2) is 8.42 Å². The van der Waals surface area contributed by atoms with Crippen molar-refractivity contribution >= 4 is 27.5 Å². The molecule has 0 aliphatic carbocycles. The third-order valence-corrected chi connectivity index (χ3v) is 7.79. The molecule has 9 nitrogen and oxygen atoms in total. The topological polar surface area (TPSA) is 102 Å². The molecule has 2 aliphatic heterocycles. The Morgan fingerprint density at radius 1 is 0.970 bits per heavy atom. The second-order valence-electron chi connectivity index (χ2n) is 8.14. The second kappa shape index (κ2) is 10.3. The first-order valence-corrected chi connectivity index (χ1v) is 12.5. The molecule has 0 unspecified atom stereocenters. The van der Waals surface area contributed by atoms with Gasteiger partial charge in [-0.1, -0.05) is 24.3 Å². The average molecular weight is 472 g/mol. The molecule has 2 aliphatic rings. The monoisotopic (exact) mass is 471 g/mol. The minimum Gasteiger partial charge on any atom is -0.369 e. The molecule has 0 spiro atoms. The zero-order chi connectivity index (χ0) is 23.3. The molecule has 10 heteroatoms. The van der Waals surface area contributed by atoms with Crippen molar-refractivity contribution in [2.24, 2.45) is 0 Å². The van der Waals surface area contributed by atoms with Crippen molar-refractivity contribution in [3.8, 4) is 0 Å². The van der Waals surface area contributed by atoms with Gasteiger partial charge in [-0.15, -0.1) is 0 Å². The van der Waals surface area contributed by atoms with Crippen molar-refractivity contribution < 1.29 is 18.0 Å². The molecule has 0 saturated carbocycles. The van der Waals surface area contributed by atoms with E-state index in [1.165, 1.54) is 17.8 Å². The smallest absolute Gasteiger partial charge is 0.251 e. The molecule has 2 heterocycles. The minimum absolute atomic E-state index is 0.0156. The van der Waals surface area contributed by atoms with Gasteiger partial charge in [-0.2, -0.15) is 4.31 Å². The number of anilines is 1. The van der Waals surface area contributed by atoms with E-state index in [9.17, 15) is 18.0 Å². The fourth-order valence-corrected chi connectivity index (χ4v) is 5.51. The summed E-state index contributed by atoms with van der Waals surface area (Å²) in [6.07, 6.45) is 0. The number of para-hydroxylation sites is 1. The van der Waals surface area contributed by atoms with Gasteiger partial charge in [-0.3, -0.25) is 14.5 Å². The Kier molecular flexibility index (Phi) is 7.26. The summed E-state index contributed by atoms with van der Waals surface area (Å²) in [5, 5.41) is 5.50. The molecule has 176 valence electrons. The van der Waals surface area contributed by atoms with Crippen LogP contribution in [0.1, 0.15) is 10.4 Å². The van der Waals surface area contributed by atoms with Gasteiger partial charge in [-0.05, 0) is 30.3 Å². The number of nitrogens with zero attached hydrogens (tertiary/aromatic N) is 3. The summed E-state index contributed by atoms with van der Waals surface area (Å²) in [6.45, 7) is 5.20. The lowest BCUT2D eigenvalue weighted by molar-refractivity contribution is -0.122. The Labute approximate surface area is 194 Å². The molecule has 0 atom stereocenters. The number of carbonyl (C=O) groups excluding carboxylic acids is 2. The van der Waals surface area contributed by atoms with Crippen LogP contribution >= 0.6 is 0 Å². The highest BCUT2D eigenvalue weighted by Gasteiger charge is 2.29. The van der Waals surface area contributed by atoms with Crippen LogP contribution in [0.25, 0.3) is 0 Å². The predicted molar refractivity (Wildman–Crippen MR) is 126 cm³/mol. The third-order valence-electron chi connectivity index (χ3n) is 5.94. The molecule has 2 saturated heterocycles. The number of amides is 2. The highest BCUT2D eigenvalue weighted by atomic mass is 32.2. The van der Waals surface area contributed by atoms with E-state index in [4.69, 9.17) is 0 Å². The molecule has 4 rings (SSSR count). The lowest BCUT2D eigenvalue weighted by Gasteiger charge is -2.36. The Bertz CT molecular complexity index is 1090. The van der Waals surface area contributed by atoms with Crippen LogP contribution in [0.15, 0.2) is 59.5 Å².